The monoisotopic (exact) mass is 554 g/mol. The molecular weight excluding hydrogens is 509 g/mol. The van der Waals surface area contributed by atoms with Crippen LogP contribution in [0.15, 0.2) is 4.99 Å². The number of methoxy groups -OCH3 is 1. The quantitative estimate of drug-likeness (QED) is 0.507. The standard InChI is InChI=1S/C29H45F3N4O3/c1-18-5-3-6-20(15-18)26-25(19-9-11-22(12-10-19)29(30,31)32)34-27(21-7-4-8-23(16-21)39-2)36(26)28(38)35-14-13-33-24(37)17-35/h18-23,25-26H,3-17H2,1-2H3,(H,33,37). The Labute approximate surface area is 230 Å². The van der Waals surface area contributed by atoms with Crippen molar-refractivity contribution in [3.05, 3.63) is 0 Å². The minimum Gasteiger partial charge on any atom is -0.381 e. The van der Waals surface area contributed by atoms with E-state index in [2.05, 4.69) is 12.2 Å². The first-order valence-corrected chi connectivity index (χ1v) is 15.2. The van der Waals surface area contributed by atoms with Crippen LogP contribution in [0.5, 0.6) is 0 Å². The summed E-state index contributed by atoms with van der Waals surface area (Å²) < 4.78 is 46.2. The third-order valence-electron chi connectivity index (χ3n) is 10.2. The molecule has 0 radical (unpaired) electrons. The van der Waals surface area contributed by atoms with Gasteiger partial charge in [-0.15, -0.1) is 0 Å². The van der Waals surface area contributed by atoms with Crippen molar-refractivity contribution in [2.45, 2.75) is 108 Å². The lowest BCUT2D eigenvalue weighted by atomic mass is 9.70. The van der Waals surface area contributed by atoms with Crippen molar-refractivity contribution in [3.63, 3.8) is 0 Å². The van der Waals surface area contributed by atoms with Crippen LogP contribution in [-0.2, 0) is 9.53 Å². The molecule has 39 heavy (non-hydrogen) atoms. The lowest BCUT2D eigenvalue weighted by Gasteiger charge is -2.44. The molecule has 1 saturated heterocycles. The van der Waals surface area contributed by atoms with Gasteiger partial charge in [-0.05, 0) is 75.5 Å². The van der Waals surface area contributed by atoms with E-state index in [1.807, 2.05) is 4.90 Å². The van der Waals surface area contributed by atoms with E-state index in [0.717, 1.165) is 57.2 Å². The number of piperazine rings is 1. The number of carbonyl (C=O) groups is 2. The van der Waals surface area contributed by atoms with E-state index in [4.69, 9.17) is 9.73 Å². The number of amidine groups is 1. The Morgan fingerprint density at radius 3 is 2.41 bits per heavy atom. The summed E-state index contributed by atoms with van der Waals surface area (Å²) in [5, 5.41) is 2.81. The molecule has 3 aliphatic carbocycles. The number of aliphatic imine (C=N–C) groups is 1. The van der Waals surface area contributed by atoms with Crippen molar-refractivity contribution in [1.82, 2.24) is 15.1 Å². The van der Waals surface area contributed by atoms with Crippen molar-refractivity contribution in [1.29, 1.82) is 0 Å². The summed E-state index contributed by atoms with van der Waals surface area (Å²) in [6.07, 6.45) is 5.15. The Kier molecular flexibility index (Phi) is 8.79. The molecule has 7 nitrogen and oxygen atoms in total. The van der Waals surface area contributed by atoms with Gasteiger partial charge in [0.2, 0.25) is 5.91 Å². The second-order valence-electron chi connectivity index (χ2n) is 12.8. The third-order valence-corrected chi connectivity index (χ3v) is 10.2. The highest BCUT2D eigenvalue weighted by atomic mass is 19.4. The Balaban J connectivity index is 1.49. The molecule has 10 heteroatoms. The van der Waals surface area contributed by atoms with Gasteiger partial charge in [-0.3, -0.25) is 14.7 Å². The van der Waals surface area contributed by atoms with Crippen molar-refractivity contribution in [2.24, 2.45) is 34.6 Å². The number of hydrogen-bond donors (Lipinski definition) is 1. The van der Waals surface area contributed by atoms with Crippen molar-refractivity contribution in [2.75, 3.05) is 26.7 Å². The van der Waals surface area contributed by atoms with Gasteiger partial charge in [0.15, 0.2) is 0 Å². The Bertz CT molecular complexity index is 920. The van der Waals surface area contributed by atoms with Gasteiger partial charge in [-0.2, -0.15) is 13.2 Å². The Hall–Kier alpha value is -1.84. The Morgan fingerprint density at radius 2 is 1.74 bits per heavy atom. The SMILES string of the molecule is COC1CCCC(C2=NC(C3CCC(C(F)(F)F)CC3)C(C3CCCC(C)C3)N2C(=O)N2CCNC(=O)C2)C1. The summed E-state index contributed by atoms with van der Waals surface area (Å²) in [5.41, 5.74) is 0. The smallest absolute Gasteiger partial charge is 0.381 e. The summed E-state index contributed by atoms with van der Waals surface area (Å²) >= 11 is 0. The van der Waals surface area contributed by atoms with Gasteiger partial charge >= 0.3 is 12.2 Å². The van der Waals surface area contributed by atoms with Crippen LogP contribution < -0.4 is 5.32 Å². The lowest BCUT2D eigenvalue weighted by molar-refractivity contribution is -0.184. The van der Waals surface area contributed by atoms with E-state index in [0.29, 0.717) is 31.8 Å². The Morgan fingerprint density at radius 1 is 1.00 bits per heavy atom. The van der Waals surface area contributed by atoms with Gasteiger partial charge in [0.25, 0.3) is 0 Å². The molecule has 220 valence electrons. The number of urea groups is 1. The number of rotatable bonds is 4. The fourth-order valence-electron chi connectivity index (χ4n) is 8.13. The second-order valence-corrected chi connectivity index (χ2v) is 12.8. The zero-order valence-electron chi connectivity index (χ0n) is 23.4. The van der Waals surface area contributed by atoms with Gasteiger partial charge in [0.05, 0.1) is 24.1 Å². The largest absolute Gasteiger partial charge is 0.391 e. The minimum absolute atomic E-state index is 0.0309. The van der Waals surface area contributed by atoms with Gasteiger partial charge in [0.1, 0.15) is 12.4 Å². The van der Waals surface area contributed by atoms with Crippen LogP contribution in [0.3, 0.4) is 0 Å². The normalized spacial score (nSPS) is 38.4. The van der Waals surface area contributed by atoms with Crippen LogP contribution in [0.4, 0.5) is 18.0 Å². The van der Waals surface area contributed by atoms with Crippen LogP contribution in [0.2, 0.25) is 0 Å². The topological polar surface area (TPSA) is 74.2 Å². The average Bonchev–Trinajstić information content (AvgIpc) is 3.33. The molecule has 5 rings (SSSR count). The molecule has 0 aromatic carbocycles. The van der Waals surface area contributed by atoms with E-state index < -0.39 is 12.1 Å². The van der Waals surface area contributed by atoms with Crippen LogP contribution >= 0.6 is 0 Å². The van der Waals surface area contributed by atoms with Crippen molar-refractivity contribution >= 4 is 17.8 Å². The highest BCUT2D eigenvalue weighted by Gasteiger charge is 2.52. The number of hydrogen-bond acceptors (Lipinski definition) is 4. The van der Waals surface area contributed by atoms with E-state index in [-0.39, 0.29) is 67.3 Å². The number of nitrogens with one attached hydrogen (secondary N) is 1. The van der Waals surface area contributed by atoms with Crippen LogP contribution in [-0.4, -0.2) is 78.7 Å². The van der Waals surface area contributed by atoms with Crippen molar-refractivity contribution < 1.29 is 27.5 Å². The molecule has 0 spiro atoms. The number of halogens is 3. The number of nitrogens with zero attached hydrogens (tertiary/aromatic N) is 3. The highest BCUT2D eigenvalue weighted by Crippen LogP contribution is 2.47. The summed E-state index contributed by atoms with van der Waals surface area (Å²) in [5.74, 6) is 0.311. The van der Waals surface area contributed by atoms with Crippen molar-refractivity contribution in [3.8, 4) is 0 Å². The van der Waals surface area contributed by atoms with E-state index in [1.165, 1.54) is 0 Å². The number of amides is 3. The number of ether oxygens (including phenoxy) is 1. The molecule has 0 bridgehead atoms. The lowest BCUT2D eigenvalue weighted by Crippen LogP contribution is -2.59. The van der Waals surface area contributed by atoms with Gasteiger partial charge in [-0.1, -0.05) is 26.2 Å². The van der Waals surface area contributed by atoms with Gasteiger partial charge in [-0.25, -0.2) is 4.79 Å². The van der Waals surface area contributed by atoms with Gasteiger partial charge < -0.3 is 15.0 Å². The molecule has 2 aliphatic heterocycles. The number of carbonyl (C=O) groups excluding carboxylic acids is 2. The first-order chi connectivity index (χ1) is 18.7. The fourth-order valence-corrected chi connectivity index (χ4v) is 8.13. The van der Waals surface area contributed by atoms with E-state index in [1.54, 1.807) is 12.0 Å². The number of alkyl halides is 3. The maximum Gasteiger partial charge on any atom is 0.391 e. The van der Waals surface area contributed by atoms with Crippen LogP contribution in [0.1, 0.15) is 84.0 Å². The summed E-state index contributed by atoms with van der Waals surface area (Å²) in [6, 6.07) is -0.497. The molecule has 3 amide bonds. The predicted molar refractivity (Wildman–Crippen MR) is 142 cm³/mol. The molecule has 3 saturated carbocycles. The average molecular weight is 555 g/mol. The molecule has 0 aromatic rings. The van der Waals surface area contributed by atoms with E-state index >= 15 is 0 Å². The molecule has 6 atom stereocenters. The summed E-state index contributed by atoms with van der Waals surface area (Å²) in [7, 11) is 1.73. The predicted octanol–water partition coefficient (Wildman–Crippen LogP) is 5.39. The fraction of sp³-hybridized carbons (Fsp3) is 0.897. The second kappa shape index (κ2) is 12.0. The molecule has 2 heterocycles. The van der Waals surface area contributed by atoms with E-state index in [9.17, 15) is 22.8 Å². The zero-order valence-corrected chi connectivity index (χ0v) is 23.4. The molecular formula is C29H45F3N4O3. The highest BCUT2D eigenvalue weighted by molar-refractivity contribution is 6.02. The summed E-state index contributed by atoms with van der Waals surface area (Å²) in [6.45, 7) is 3.17. The maximum absolute atomic E-state index is 14.3. The zero-order chi connectivity index (χ0) is 27.7. The van der Waals surface area contributed by atoms with Crippen LogP contribution in [0.25, 0.3) is 0 Å². The maximum atomic E-state index is 14.3. The molecule has 5 aliphatic rings. The molecule has 0 aromatic heterocycles. The van der Waals surface area contributed by atoms with Crippen LogP contribution in [0, 0.1) is 29.6 Å². The molecule has 1 N–H and O–H groups in total. The molecule has 6 unspecified atom stereocenters. The third kappa shape index (κ3) is 6.25. The molecule has 4 fully saturated rings. The first kappa shape index (κ1) is 28.7. The first-order valence-electron chi connectivity index (χ1n) is 15.2. The minimum atomic E-state index is -4.15. The van der Waals surface area contributed by atoms with Gasteiger partial charge in [0, 0.05) is 26.1 Å². The summed E-state index contributed by atoms with van der Waals surface area (Å²) in [4.78, 5) is 35.5.